The average molecular weight is 260 g/mol. The molecule has 4 nitrogen and oxygen atoms in total. The maximum absolute atomic E-state index is 5.28. The molecule has 108 valence electrons. The van der Waals surface area contributed by atoms with E-state index < -0.39 is 0 Å². The largest absolute Gasteiger partial charge is 0.349 e. The van der Waals surface area contributed by atoms with Crippen LogP contribution in [0.3, 0.4) is 0 Å². The molecule has 0 radical (unpaired) electrons. The third-order valence-electron chi connectivity index (χ3n) is 3.57. The van der Waals surface area contributed by atoms with Gasteiger partial charge in [0.2, 0.25) is 0 Å². The number of ether oxygens (including phenoxy) is 4. The van der Waals surface area contributed by atoms with Gasteiger partial charge in [-0.05, 0) is 25.7 Å². The highest BCUT2D eigenvalue weighted by Gasteiger charge is 2.25. The fourth-order valence-electron chi connectivity index (χ4n) is 2.38. The number of hydrogen-bond donors (Lipinski definition) is 0. The molecule has 2 fully saturated rings. The summed E-state index contributed by atoms with van der Waals surface area (Å²) < 4.78 is 21.1. The van der Waals surface area contributed by atoms with E-state index in [0.29, 0.717) is 38.0 Å². The van der Waals surface area contributed by atoms with Gasteiger partial charge in [-0.2, -0.15) is 0 Å². The molecule has 2 heterocycles. The Balaban J connectivity index is 0.000000180. The molecule has 2 rings (SSSR count). The van der Waals surface area contributed by atoms with E-state index in [9.17, 15) is 0 Å². The van der Waals surface area contributed by atoms with Gasteiger partial charge in [0.25, 0.3) is 0 Å². The molecule has 0 aromatic rings. The molecular formula is C14H28O4. The highest BCUT2D eigenvalue weighted by molar-refractivity contribution is 4.71. The van der Waals surface area contributed by atoms with Crippen molar-refractivity contribution in [3.05, 3.63) is 0 Å². The lowest BCUT2D eigenvalue weighted by atomic mass is 10.1. The van der Waals surface area contributed by atoms with Crippen molar-refractivity contribution in [2.45, 2.75) is 77.8 Å². The molecule has 0 saturated carbocycles. The minimum Gasteiger partial charge on any atom is -0.349 e. The van der Waals surface area contributed by atoms with Gasteiger partial charge in [-0.3, -0.25) is 0 Å². The molecule has 0 aromatic carbocycles. The molecule has 0 amide bonds. The van der Waals surface area contributed by atoms with Gasteiger partial charge in [-0.25, -0.2) is 0 Å². The van der Waals surface area contributed by atoms with Gasteiger partial charge in [0.1, 0.15) is 13.6 Å². The first kappa shape index (κ1) is 15.9. The lowest BCUT2D eigenvalue weighted by Crippen LogP contribution is -2.20. The fourth-order valence-corrected chi connectivity index (χ4v) is 2.38. The quantitative estimate of drug-likeness (QED) is 0.778. The van der Waals surface area contributed by atoms with Gasteiger partial charge in [-0.1, -0.05) is 27.7 Å². The van der Waals surface area contributed by atoms with Crippen molar-refractivity contribution < 1.29 is 18.9 Å². The Hall–Kier alpha value is -0.160. The number of rotatable bonds is 4. The van der Waals surface area contributed by atoms with Crippen molar-refractivity contribution in [2.24, 2.45) is 0 Å². The fraction of sp³-hybridized carbons (Fsp3) is 1.00. The van der Waals surface area contributed by atoms with Crippen molar-refractivity contribution in [1.29, 1.82) is 0 Å². The molecule has 0 aliphatic carbocycles. The summed E-state index contributed by atoms with van der Waals surface area (Å²) in [6.07, 6.45) is 5.70. The Kier molecular flexibility index (Phi) is 7.82. The number of hydrogen-bond acceptors (Lipinski definition) is 4. The molecule has 4 unspecified atom stereocenters. The van der Waals surface area contributed by atoms with Crippen LogP contribution in [-0.4, -0.2) is 38.0 Å². The molecule has 2 aliphatic rings. The highest BCUT2D eigenvalue weighted by Crippen LogP contribution is 2.18. The highest BCUT2D eigenvalue weighted by atomic mass is 16.7. The third-order valence-corrected chi connectivity index (χ3v) is 3.57. The maximum Gasteiger partial charge on any atom is 0.147 e. The average Bonchev–Trinajstić information content (AvgIpc) is 3.06. The Labute approximate surface area is 111 Å². The van der Waals surface area contributed by atoms with E-state index in [2.05, 4.69) is 27.7 Å². The molecule has 18 heavy (non-hydrogen) atoms. The second-order valence-electron chi connectivity index (χ2n) is 4.69. The van der Waals surface area contributed by atoms with Crippen LogP contribution in [0, 0.1) is 0 Å². The molecule has 0 aromatic heterocycles. The lowest BCUT2D eigenvalue weighted by Gasteiger charge is -2.11. The van der Waals surface area contributed by atoms with Crippen molar-refractivity contribution in [1.82, 2.24) is 0 Å². The van der Waals surface area contributed by atoms with Crippen LogP contribution >= 0.6 is 0 Å². The summed E-state index contributed by atoms with van der Waals surface area (Å²) in [7, 11) is 0. The predicted molar refractivity (Wildman–Crippen MR) is 70.4 cm³/mol. The Morgan fingerprint density at radius 2 is 0.778 bits per heavy atom. The standard InChI is InChI=1S/2C7H14O2/c2*1-3-6-7(4-2)9-5-8-6/h2*6-7H,3-5H2,1-2H3. The summed E-state index contributed by atoms with van der Waals surface area (Å²) in [6, 6.07) is 0. The minimum absolute atomic E-state index is 0.356. The lowest BCUT2D eigenvalue weighted by molar-refractivity contribution is 0.0375. The summed E-state index contributed by atoms with van der Waals surface area (Å²) in [5, 5.41) is 0. The third kappa shape index (κ3) is 4.50. The van der Waals surface area contributed by atoms with E-state index in [-0.39, 0.29) is 0 Å². The SMILES string of the molecule is CCC1OCOC1CC.CCC1OCOC1CC. The molecule has 4 atom stereocenters. The van der Waals surface area contributed by atoms with Gasteiger partial charge >= 0.3 is 0 Å². The van der Waals surface area contributed by atoms with Gasteiger partial charge in [-0.15, -0.1) is 0 Å². The van der Waals surface area contributed by atoms with Gasteiger partial charge < -0.3 is 18.9 Å². The Morgan fingerprint density at radius 3 is 0.944 bits per heavy atom. The summed E-state index contributed by atoms with van der Waals surface area (Å²) in [6.45, 7) is 9.50. The van der Waals surface area contributed by atoms with Crippen LogP contribution in [0.5, 0.6) is 0 Å². The summed E-state index contributed by atoms with van der Waals surface area (Å²) in [4.78, 5) is 0. The second kappa shape index (κ2) is 8.86. The summed E-state index contributed by atoms with van der Waals surface area (Å²) >= 11 is 0. The minimum atomic E-state index is 0.356. The zero-order valence-corrected chi connectivity index (χ0v) is 12.2. The molecule has 0 bridgehead atoms. The van der Waals surface area contributed by atoms with Crippen molar-refractivity contribution >= 4 is 0 Å². The first-order valence-electron chi connectivity index (χ1n) is 7.23. The first-order valence-corrected chi connectivity index (χ1v) is 7.23. The first-order chi connectivity index (χ1) is 8.76. The Morgan fingerprint density at radius 1 is 0.556 bits per heavy atom. The van der Waals surface area contributed by atoms with Gasteiger partial charge in [0.15, 0.2) is 0 Å². The van der Waals surface area contributed by atoms with E-state index in [1.165, 1.54) is 0 Å². The molecule has 0 N–H and O–H groups in total. The zero-order chi connectivity index (χ0) is 13.4. The predicted octanol–water partition coefficient (Wildman–Crippen LogP) is 3.10. The van der Waals surface area contributed by atoms with E-state index in [1.807, 2.05) is 0 Å². The van der Waals surface area contributed by atoms with Crippen LogP contribution in [0.25, 0.3) is 0 Å². The van der Waals surface area contributed by atoms with Crippen molar-refractivity contribution in [2.75, 3.05) is 13.6 Å². The van der Waals surface area contributed by atoms with E-state index >= 15 is 0 Å². The van der Waals surface area contributed by atoms with Gasteiger partial charge in [0.05, 0.1) is 24.4 Å². The smallest absolute Gasteiger partial charge is 0.147 e. The monoisotopic (exact) mass is 260 g/mol. The van der Waals surface area contributed by atoms with E-state index in [1.54, 1.807) is 0 Å². The normalized spacial score (nSPS) is 35.3. The molecular weight excluding hydrogens is 232 g/mol. The van der Waals surface area contributed by atoms with Gasteiger partial charge in [0, 0.05) is 0 Å². The maximum atomic E-state index is 5.28. The van der Waals surface area contributed by atoms with Crippen molar-refractivity contribution in [3.8, 4) is 0 Å². The molecule has 4 heteroatoms. The van der Waals surface area contributed by atoms with Crippen LogP contribution in [0.2, 0.25) is 0 Å². The summed E-state index contributed by atoms with van der Waals surface area (Å²) in [5.41, 5.74) is 0. The van der Waals surface area contributed by atoms with Crippen LogP contribution in [0.1, 0.15) is 53.4 Å². The van der Waals surface area contributed by atoms with Crippen molar-refractivity contribution in [3.63, 3.8) is 0 Å². The van der Waals surface area contributed by atoms with Crippen LogP contribution in [0.4, 0.5) is 0 Å². The topological polar surface area (TPSA) is 36.9 Å². The second-order valence-corrected chi connectivity index (χ2v) is 4.69. The van der Waals surface area contributed by atoms with E-state index in [4.69, 9.17) is 18.9 Å². The molecule has 0 spiro atoms. The van der Waals surface area contributed by atoms with Crippen LogP contribution in [-0.2, 0) is 18.9 Å². The molecule has 2 aliphatic heterocycles. The van der Waals surface area contributed by atoms with Crippen LogP contribution < -0.4 is 0 Å². The summed E-state index contributed by atoms with van der Waals surface area (Å²) in [5.74, 6) is 0. The van der Waals surface area contributed by atoms with Crippen LogP contribution in [0.15, 0.2) is 0 Å². The zero-order valence-electron chi connectivity index (χ0n) is 12.2. The van der Waals surface area contributed by atoms with E-state index in [0.717, 1.165) is 25.7 Å². The molecule has 2 saturated heterocycles. The Bertz CT molecular complexity index is 168.